The molecule has 0 radical (unpaired) electrons. The number of nitrogens with one attached hydrogen (secondary N) is 1. The highest BCUT2D eigenvalue weighted by Gasteiger charge is 2.17. The van der Waals surface area contributed by atoms with E-state index in [1.165, 1.54) is 6.20 Å². The Bertz CT molecular complexity index is 401. The number of H-pyrrole nitrogens is 1. The molecule has 15 heavy (non-hydrogen) atoms. The van der Waals surface area contributed by atoms with Crippen LogP contribution in [-0.2, 0) is 16.0 Å². The van der Waals surface area contributed by atoms with Crippen LogP contribution < -0.4 is 5.56 Å². The Balaban J connectivity index is 2.68. The van der Waals surface area contributed by atoms with E-state index in [4.69, 9.17) is 4.74 Å². The molecule has 0 unspecified atom stereocenters. The number of ether oxygens (including phenoxy) is 1. The summed E-state index contributed by atoms with van der Waals surface area (Å²) in [6, 6.07) is 3.30. The summed E-state index contributed by atoms with van der Waals surface area (Å²) in [5.41, 5.74) is -0.339. The fourth-order valence-electron chi connectivity index (χ4n) is 1.13. The fourth-order valence-corrected chi connectivity index (χ4v) is 1.13. The fraction of sp³-hybridized carbons (Fsp3) is 0.455. The van der Waals surface area contributed by atoms with Crippen molar-refractivity contribution in [1.82, 2.24) is 4.98 Å². The molecular weight excluding hydrogens is 194 g/mol. The Hall–Kier alpha value is -1.58. The molecule has 0 aromatic carbocycles. The molecule has 1 N–H and O–H groups in total. The van der Waals surface area contributed by atoms with Gasteiger partial charge in [-0.2, -0.15) is 0 Å². The van der Waals surface area contributed by atoms with Gasteiger partial charge in [-0.3, -0.25) is 9.59 Å². The average molecular weight is 209 g/mol. The third-order valence-electron chi connectivity index (χ3n) is 1.65. The molecule has 0 amide bonds. The number of rotatable bonds is 2. The highest BCUT2D eigenvalue weighted by Crippen LogP contribution is 2.08. The van der Waals surface area contributed by atoms with Crippen molar-refractivity contribution >= 4 is 5.97 Å². The van der Waals surface area contributed by atoms with Crippen LogP contribution in [0.3, 0.4) is 0 Å². The summed E-state index contributed by atoms with van der Waals surface area (Å²) < 4.78 is 5.10. The van der Waals surface area contributed by atoms with Gasteiger partial charge in [0.15, 0.2) is 0 Å². The smallest absolute Gasteiger partial charge is 0.310 e. The number of carbonyl (C=O) groups is 1. The van der Waals surface area contributed by atoms with Crippen molar-refractivity contribution < 1.29 is 9.53 Å². The number of esters is 1. The molecule has 0 saturated heterocycles. The van der Waals surface area contributed by atoms with Crippen LogP contribution >= 0.6 is 0 Å². The highest BCUT2D eigenvalue weighted by atomic mass is 16.6. The molecule has 82 valence electrons. The topological polar surface area (TPSA) is 59.2 Å². The summed E-state index contributed by atoms with van der Waals surface area (Å²) >= 11 is 0. The lowest BCUT2D eigenvalue weighted by Crippen LogP contribution is -2.26. The number of pyridine rings is 1. The molecule has 1 aromatic heterocycles. The average Bonchev–Trinajstić information content (AvgIpc) is 2.05. The van der Waals surface area contributed by atoms with Crippen molar-refractivity contribution in [2.75, 3.05) is 0 Å². The van der Waals surface area contributed by atoms with Crippen molar-refractivity contribution in [2.45, 2.75) is 32.8 Å². The molecule has 0 aliphatic rings. The Kier molecular flexibility index (Phi) is 3.29. The zero-order valence-corrected chi connectivity index (χ0v) is 9.16. The molecule has 0 saturated carbocycles. The van der Waals surface area contributed by atoms with Gasteiger partial charge in [0.05, 0.1) is 6.42 Å². The van der Waals surface area contributed by atoms with E-state index in [9.17, 15) is 9.59 Å². The van der Waals surface area contributed by atoms with E-state index in [1.807, 2.05) is 0 Å². The standard InChI is InChI=1S/C11H15NO3/c1-11(2,3)15-9(13)7-8-5-4-6-12-10(8)14/h4-6H,7H2,1-3H3,(H,12,14). The predicted molar refractivity (Wildman–Crippen MR) is 56.6 cm³/mol. The number of hydrogen-bond acceptors (Lipinski definition) is 3. The van der Waals surface area contributed by atoms with Gasteiger partial charge < -0.3 is 9.72 Å². The second kappa shape index (κ2) is 4.29. The first-order valence-electron chi connectivity index (χ1n) is 4.77. The maximum atomic E-state index is 11.4. The maximum absolute atomic E-state index is 11.4. The van der Waals surface area contributed by atoms with Gasteiger partial charge in [-0.15, -0.1) is 0 Å². The van der Waals surface area contributed by atoms with Crippen LogP contribution in [0, 0.1) is 0 Å². The van der Waals surface area contributed by atoms with Crippen LogP contribution in [0.15, 0.2) is 23.1 Å². The first-order chi connectivity index (χ1) is 6.88. The lowest BCUT2D eigenvalue weighted by Gasteiger charge is -2.19. The van der Waals surface area contributed by atoms with Gasteiger partial charge >= 0.3 is 5.97 Å². The van der Waals surface area contributed by atoms with Crippen LogP contribution in [-0.4, -0.2) is 16.6 Å². The first-order valence-corrected chi connectivity index (χ1v) is 4.77. The molecule has 1 aromatic rings. The predicted octanol–water partition coefficient (Wildman–Crippen LogP) is 1.26. The molecule has 1 heterocycles. The minimum Gasteiger partial charge on any atom is -0.460 e. The summed E-state index contributed by atoms with van der Waals surface area (Å²) in [5, 5.41) is 0. The van der Waals surface area contributed by atoms with Gasteiger partial charge in [0.1, 0.15) is 5.60 Å². The lowest BCUT2D eigenvalue weighted by molar-refractivity contribution is -0.153. The van der Waals surface area contributed by atoms with E-state index < -0.39 is 5.60 Å². The minimum absolute atomic E-state index is 0.00738. The highest BCUT2D eigenvalue weighted by molar-refractivity contribution is 5.72. The number of hydrogen-bond donors (Lipinski definition) is 1. The van der Waals surface area contributed by atoms with Gasteiger partial charge in [-0.05, 0) is 26.8 Å². The van der Waals surface area contributed by atoms with Crippen molar-refractivity contribution in [3.05, 3.63) is 34.2 Å². The van der Waals surface area contributed by atoms with Crippen LogP contribution in [0.1, 0.15) is 26.3 Å². The largest absolute Gasteiger partial charge is 0.460 e. The van der Waals surface area contributed by atoms with E-state index in [1.54, 1.807) is 32.9 Å². The molecule has 0 aliphatic carbocycles. The van der Waals surface area contributed by atoms with Gasteiger partial charge in [0, 0.05) is 11.8 Å². The quantitative estimate of drug-likeness (QED) is 0.746. The Morgan fingerprint density at radius 1 is 1.47 bits per heavy atom. The second-order valence-corrected chi connectivity index (χ2v) is 4.29. The molecule has 4 nitrogen and oxygen atoms in total. The van der Waals surface area contributed by atoms with Crippen molar-refractivity contribution in [1.29, 1.82) is 0 Å². The van der Waals surface area contributed by atoms with E-state index in [0.29, 0.717) is 5.56 Å². The van der Waals surface area contributed by atoms with E-state index in [-0.39, 0.29) is 17.9 Å². The van der Waals surface area contributed by atoms with Crippen LogP contribution in [0.5, 0.6) is 0 Å². The summed E-state index contributed by atoms with van der Waals surface area (Å²) in [6.07, 6.45) is 1.54. The normalized spacial score (nSPS) is 11.1. The third-order valence-corrected chi connectivity index (χ3v) is 1.65. The summed E-state index contributed by atoms with van der Waals surface area (Å²) in [6.45, 7) is 5.38. The first kappa shape index (κ1) is 11.5. The summed E-state index contributed by atoms with van der Waals surface area (Å²) in [7, 11) is 0. The zero-order valence-electron chi connectivity index (χ0n) is 9.16. The Morgan fingerprint density at radius 2 is 2.13 bits per heavy atom. The lowest BCUT2D eigenvalue weighted by atomic mass is 10.1. The summed E-state index contributed by atoms with van der Waals surface area (Å²) in [5.74, 6) is -0.390. The van der Waals surface area contributed by atoms with Gasteiger partial charge in [0.25, 0.3) is 5.56 Å². The molecule has 0 atom stereocenters. The van der Waals surface area contributed by atoms with Crippen molar-refractivity contribution in [3.8, 4) is 0 Å². The van der Waals surface area contributed by atoms with Gasteiger partial charge in [0.2, 0.25) is 0 Å². The zero-order chi connectivity index (χ0) is 11.5. The second-order valence-electron chi connectivity index (χ2n) is 4.29. The van der Waals surface area contributed by atoms with Crippen LogP contribution in [0.2, 0.25) is 0 Å². The molecule has 0 aliphatic heterocycles. The minimum atomic E-state index is -0.515. The SMILES string of the molecule is CC(C)(C)OC(=O)Cc1ccc[nH]c1=O. The molecule has 4 heteroatoms. The van der Waals surface area contributed by atoms with Crippen LogP contribution in [0.25, 0.3) is 0 Å². The number of carbonyl (C=O) groups excluding carboxylic acids is 1. The van der Waals surface area contributed by atoms with Crippen molar-refractivity contribution in [2.24, 2.45) is 0 Å². The van der Waals surface area contributed by atoms with E-state index in [2.05, 4.69) is 4.98 Å². The van der Waals surface area contributed by atoms with Gasteiger partial charge in [-0.1, -0.05) is 6.07 Å². The van der Waals surface area contributed by atoms with E-state index >= 15 is 0 Å². The van der Waals surface area contributed by atoms with E-state index in [0.717, 1.165) is 0 Å². The number of aromatic amines is 1. The summed E-state index contributed by atoms with van der Waals surface area (Å²) in [4.78, 5) is 25.2. The Labute approximate surface area is 88.3 Å². The molecule has 1 rings (SSSR count). The molecule has 0 fully saturated rings. The molecular formula is C11H15NO3. The van der Waals surface area contributed by atoms with Gasteiger partial charge in [-0.25, -0.2) is 0 Å². The third kappa shape index (κ3) is 3.97. The molecule has 0 bridgehead atoms. The van der Waals surface area contributed by atoms with Crippen LogP contribution in [0.4, 0.5) is 0 Å². The Morgan fingerprint density at radius 3 is 2.67 bits per heavy atom. The monoisotopic (exact) mass is 209 g/mol. The maximum Gasteiger partial charge on any atom is 0.310 e. The van der Waals surface area contributed by atoms with Crippen molar-refractivity contribution in [3.63, 3.8) is 0 Å². The number of aromatic nitrogens is 1. The molecule has 0 spiro atoms.